The largest absolute Gasteiger partial charge is 0.385 e. The second-order valence-corrected chi connectivity index (χ2v) is 5.88. The molecule has 1 saturated carbocycles. The summed E-state index contributed by atoms with van der Waals surface area (Å²) in [6, 6.07) is 0. The minimum atomic E-state index is -0.547. The minimum Gasteiger partial charge on any atom is -0.385 e. The Kier molecular flexibility index (Phi) is 9.48. The van der Waals surface area contributed by atoms with Crippen LogP contribution in [0.4, 0.5) is 0 Å². The molecule has 0 spiro atoms. The van der Waals surface area contributed by atoms with E-state index in [9.17, 15) is 5.11 Å². The van der Waals surface area contributed by atoms with Gasteiger partial charge in [-0.15, -0.1) is 0 Å². The van der Waals surface area contributed by atoms with Crippen molar-refractivity contribution in [1.82, 2.24) is 0 Å². The van der Waals surface area contributed by atoms with Crippen LogP contribution in [0.3, 0.4) is 0 Å². The van der Waals surface area contributed by atoms with Crippen LogP contribution in [0.1, 0.15) is 64.7 Å². The van der Waals surface area contributed by atoms with Crippen LogP contribution in [0.5, 0.6) is 0 Å². The summed E-state index contributed by atoms with van der Waals surface area (Å²) in [5.74, 6) is 1.26. The highest BCUT2D eigenvalue weighted by atomic mass is 16.6. The summed E-state index contributed by atoms with van der Waals surface area (Å²) >= 11 is 0. The molecule has 1 rings (SSSR count). The molecule has 114 valence electrons. The first-order valence-electron chi connectivity index (χ1n) is 8.06. The summed E-state index contributed by atoms with van der Waals surface area (Å²) in [7, 11) is 1.71. The van der Waals surface area contributed by atoms with Gasteiger partial charge in [-0.2, -0.15) is 0 Å². The molecule has 0 aliphatic heterocycles. The van der Waals surface area contributed by atoms with Crippen LogP contribution in [0.2, 0.25) is 0 Å². The number of methoxy groups -OCH3 is 1. The van der Waals surface area contributed by atoms with Gasteiger partial charge in [-0.25, -0.2) is 0 Å². The van der Waals surface area contributed by atoms with Crippen molar-refractivity contribution < 1.29 is 14.6 Å². The van der Waals surface area contributed by atoms with Gasteiger partial charge in [0.25, 0.3) is 0 Å². The third kappa shape index (κ3) is 7.28. The molecule has 0 aromatic rings. The zero-order valence-electron chi connectivity index (χ0n) is 12.8. The Morgan fingerprint density at radius 3 is 2.37 bits per heavy atom. The van der Waals surface area contributed by atoms with Gasteiger partial charge in [0, 0.05) is 26.2 Å². The Labute approximate surface area is 118 Å². The molecule has 1 unspecified atom stereocenters. The van der Waals surface area contributed by atoms with E-state index in [1.807, 2.05) is 0 Å². The number of unbranched alkanes of at least 4 members (excludes halogenated alkanes) is 2. The lowest BCUT2D eigenvalue weighted by Crippen LogP contribution is -2.28. The number of rotatable bonds is 10. The number of aliphatic hydroxyl groups excluding tert-OH is 1. The maximum Gasteiger partial charge on any atom is 0.157 e. The molecule has 0 heterocycles. The van der Waals surface area contributed by atoms with Crippen LogP contribution < -0.4 is 0 Å². The van der Waals surface area contributed by atoms with Gasteiger partial charge < -0.3 is 14.6 Å². The molecule has 0 amide bonds. The molecule has 3 nitrogen and oxygen atoms in total. The predicted octanol–water partition coefficient (Wildman–Crippen LogP) is 3.74. The molecule has 1 N–H and O–H groups in total. The molecular weight excluding hydrogens is 240 g/mol. The first-order valence-corrected chi connectivity index (χ1v) is 8.06. The maximum atomic E-state index is 10.0. The highest BCUT2D eigenvalue weighted by Crippen LogP contribution is 2.33. The fourth-order valence-electron chi connectivity index (χ4n) is 2.94. The number of hydrogen-bond acceptors (Lipinski definition) is 3. The Bertz CT molecular complexity index is 200. The van der Waals surface area contributed by atoms with Crippen LogP contribution in [0.25, 0.3) is 0 Å². The summed E-state index contributed by atoms with van der Waals surface area (Å²) in [5.41, 5.74) is 0. The minimum absolute atomic E-state index is 0.361. The van der Waals surface area contributed by atoms with Gasteiger partial charge in [-0.1, -0.05) is 26.2 Å². The lowest BCUT2D eigenvalue weighted by atomic mass is 9.79. The van der Waals surface area contributed by atoms with E-state index in [2.05, 4.69) is 6.92 Å². The Balaban J connectivity index is 2.06. The summed E-state index contributed by atoms with van der Waals surface area (Å²) in [5, 5.41) is 10.0. The van der Waals surface area contributed by atoms with Gasteiger partial charge in [0.1, 0.15) is 0 Å². The Morgan fingerprint density at radius 2 is 1.74 bits per heavy atom. The average molecular weight is 272 g/mol. The van der Waals surface area contributed by atoms with Gasteiger partial charge in [0.2, 0.25) is 0 Å². The maximum absolute atomic E-state index is 10.0. The van der Waals surface area contributed by atoms with Gasteiger partial charge in [0.15, 0.2) is 6.29 Å². The summed E-state index contributed by atoms with van der Waals surface area (Å²) in [6.45, 7) is 3.69. The number of hydrogen-bond donors (Lipinski definition) is 1. The zero-order chi connectivity index (χ0) is 13.9. The second kappa shape index (κ2) is 10.6. The van der Waals surface area contributed by atoms with Gasteiger partial charge in [-0.05, 0) is 44.4 Å². The fraction of sp³-hybridized carbons (Fsp3) is 1.00. The SMILES string of the molecule is CCCCC1CCC(C(O)OCCCCOC)CC1. The van der Waals surface area contributed by atoms with Crippen LogP contribution in [0, 0.1) is 11.8 Å². The molecule has 3 heteroatoms. The summed E-state index contributed by atoms with van der Waals surface area (Å²) < 4.78 is 10.5. The van der Waals surface area contributed by atoms with Crippen molar-refractivity contribution in [3.63, 3.8) is 0 Å². The highest BCUT2D eigenvalue weighted by Gasteiger charge is 2.26. The molecule has 1 aliphatic rings. The summed E-state index contributed by atoms with van der Waals surface area (Å²) in [6.07, 6.45) is 10.3. The Morgan fingerprint density at radius 1 is 1.05 bits per heavy atom. The molecular formula is C16H32O3. The monoisotopic (exact) mass is 272 g/mol. The molecule has 0 saturated heterocycles. The van der Waals surface area contributed by atoms with Crippen molar-refractivity contribution in [2.75, 3.05) is 20.3 Å². The van der Waals surface area contributed by atoms with Crippen molar-refractivity contribution in [2.24, 2.45) is 11.8 Å². The predicted molar refractivity (Wildman–Crippen MR) is 78.0 cm³/mol. The van der Waals surface area contributed by atoms with E-state index in [1.165, 1.54) is 32.1 Å². The van der Waals surface area contributed by atoms with Crippen LogP contribution in [0.15, 0.2) is 0 Å². The smallest absolute Gasteiger partial charge is 0.157 e. The van der Waals surface area contributed by atoms with E-state index < -0.39 is 6.29 Å². The lowest BCUT2D eigenvalue weighted by molar-refractivity contribution is -0.143. The first-order chi connectivity index (χ1) is 9.27. The van der Waals surface area contributed by atoms with Crippen molar-refractivity contribution in [1.29, 1.82) is 0 Å². The van der Waals surface area contributed by atoms with Gasteiger partial charge in [0.05, 0.1) is 0 Å². The molecule has 1 atom stereocenters. The first kappa shape index (κ1) is 16.9. The standard InChI is InChI=1S/C16H32O3/c1-3-4-7-14-8-10-15(11-9-14)16(17)19-13-6-5-12-18-2/h14-17H,3-13H2,1-2H3. The topological polar surface area (TPSA) is 38.7 Å². The fourth-order valence-corrected chi connectivity index (χ4v) is 2.94. The van der Waals surface area contributed by atoms with E-state index in [1.54, 1.807) is 7.11 Å². The van der Waals surface area contributed by atoms with Crippen molar-refractivity contribution in [2.45, 2.75) is 71.0 Å². The quantitative estimate of drug-likeness (QED) is 0.486. The van der Waals surface area contributed by atoms with Gasteiger partial charge in [-0.3, -0.25) is 0 Å². The highest BCUT2D eigenvalue weighted by molar-refractivity contribution is 4.74. The van der Waals surface area contributed by atoms with E-state index in [-0.39, 0.29) is 0 Å². The molecule has 0 aromatic carbocycles. The Hall–Kier alpha value is -0.120. The van der Waals surface area contributed by atoms with E-state index in [0.29, 0.717) is 12.5 Å². The second-order valence-electron chi connectivity index (χ2n) is 5.88. The van der Waals surface area contributed by atoms with Crippen LogP contribution in [-0.4, -0.2) is 31.7 Å². The van der Waals surface area contributed by atoms with E-state index in [0.717, 1.165) is 38.2 Å². The zero-order valence-corrected chi connectivity index (χ0v) is 12.8. The molecule has 1 fully saturated rings. The number of aliphatic hydroxyl groups is 1. The molecule has 0 bridgehead atoms. The molecule has 1 aliphatic carbocycles. The van der Waals surface area contributed by atoms with Crippen molar-refractivity contribution in [3.05, 3.63) is 0 Å². The lowest BCUT2D eigenvalue weighted by Gasteiger charge is -2.31. The molecule has 0 aromatic heterocycles. The average Bonchev–Trinajstić information content (AvgIpc) is 2.45. The third-order valence-corrected chi connectivity index (χ3v) is 4.29. The number of ether oxygens (including phenoxy) is 2. The van der Waals surface area contributed by atoms with Crippen LogP contribution >= 0.6 is 0 Å². The van der Waals surface area contributed by atoms with E-state index in [4.69, 9.17) is 9.47 Å². The van der Waals surface area contributed by atoms with Crippen molar-refractivity contribution >= 4 is 0 Å². The normalized spacial score (nSPS) is 25.4. The summed E-state index contributed by atoms with van der Waals surface area (Å²) in [4.78, 5) is 0. The molecule has 19 heavy (non-hydrogen) atoms. The van der Waals surface area contributed by atoms with Crippen molar-refractivity contribution in [3.8, 4) is 0 Å². The van der Waals surface area contributed by atoms with Crippen LogP contribution in [-0.2, 0) is 9.47 Å². The molecule has 0 radical (unpaired) electrons. The van der Waals surface area contributed by atoms with Gasteiger partial charge >= 0.3 is 0 Å². The van der Waals surface area contributed by atoms with E-state index >= 15 is 0 Å². The third-order valence-electron chi connectivity index (χ3n) is 4.29.